The van der Waals surface area contributed by atoms with Crippen LogP contribution in [0.25, 0.3) is 0 Å². The lowest BCUT2D eigenvalue weighted by molar-refractivity contribution is -0.113. The second-order valence-electron chi connectivity index (χ2n) is 5.81. The van der Waals surface area contributed by atoms with Crippen molar-refractivity contribution < 1.29 is 4.79 Å². The molecule has 2 aromatic carbocycles. The van der Waals surface area contributed by atoms with Crippen molar-refractivity contribution in [3.63, 3.8) is 0 Å². The lowest BCUT2D eigenvalue weighted by Crippen LogP contribution is -2.14. The topological polar surface area (TPSA) is 59.8 Å². The van der Waals surface area contributed by atoms with Crippen molar-refractivity contribution in [2.24, 2.45) is 0 Å². The van der Waals surface area contributed by atoms with Gasteiger partial charge in [0.1, 0.15) is 5.82 Å². The highest BCUT2D eigenvalue weighted by Gasteiger charge is 2.14. The van der Waals surface area contributed by atoms with Gasteiger partial charge >= 0.3 is 0 Å². The van der Waals surface area contributed by atoms with Gasteiger partial charge in [0, 0.05) is 23.7 Å². The normalized spacial score (nSPS) is 10.6. The zero-order valence-corrected chi connectivity index (χ0v) is 16.2. The summed E-state index contributed by atoms with van der Waals surface area (Å²) < 4.78 is 1.98. The summed E-state index contributed by atoms with van der Waals surface area (Å²) in [7, 11) is 0. The Morgan fingerprint density at radius 3 is 2.74 bits per heavy atom. The highest BCUT2D eigenvalue weighted by atomic mass is 35.5. The zero-order chi connectivity index (χ0) is 19.1. The van der Waals surface area contributed by atoms with E-state index in [0.29, 0.717) is 28.8 Å². The lowest BCUT2D eigenvalue weighted by Gasteiger charge is -2.08. The Bertz CT molecular complexity index is 927. The molecular weight excluding hydrogens is 380 g/mol. The second-order valence-corrected chi connectivity index (χ2v) is 7.19. The number of thioether (sulfide) groups is 1. The Morgan fingerprint density at radius 1 is 1.19 bits per heavy atom. The van der Waals surface area contributed by atoms with Gasteiger partial charge in [0.2, 0.25) is 5.91 Å². The van der Waals surface area contributed by atoms with Crippen LogP contribution in [0.2, 0.25) is 5.02 Å². The quantitative estimate of drug-likeness (QED) is 0.450. The largest absolute Gasteiger partial charge is 0.325 e. The molecule has 0 atom stereocenters. The van der Waals surface area contributed by atoms with Crippen LogP contribution in [0.15, 0.2) is 72.4 Å². The number of hydrogen-bond acceptors (Lipinski definition) is 4. The van der Waals surface area contributed by atoms with Gasteiger partial charge in [-0.2, -0.15) is 0 Å². The van der Waals surface area contributed by atoms with E-state index in [-0.39, 0.29) is 11.7 Å². The predicted octanol–water partition coefficient (Wildman–Crippen LogP) is 4.44. The van der Waals surface area contributed by atoms with Crippen LogP contribution in [0.5, 0.6) is 0 Å². The number of allylic oxidation sites excluding steroid dienone is 1. The van der Waals surface area contributed by atoms with Gasteiger partial charge in [0.15, 0.2) is 5.16 Å². The Labute approximate surface area is 167 Å². The third-order valence-electron chi connectivity index (χ3n) is 3.75. The molecule has 0 fully saturated rings. The molecule has 1 heterocycles. The van der Waals surface area contributed by atoms with Gasteiger partial charge < -0.3 is 9.88 Å². The molecule has 0 unspecified atom stereocenters. The molecule has 0 saturated heterocycles. The molecule has 0 radical (unpaired) electrons. The van der Waals surface area contributed by atoms with Crippen LogP contribution in [-0.2, 0) is 17.8 Å². The van der Waals surface area contributed by atoms with Gasteiger partial charge in [-0.3, -0.25) is 4.79 Å². The maximum absolute atomic E-state index is 12.2. The Kier molecular flexibility index (Phi) is 6.68. The molecule has 1 amide bonds. The van der Waals surface area contributed by atoms with E-state index >= 15 is 0 Å². The molecule has 138 valence electrons. The van der Waals surface area contributed by atoms with Crippen LogP contribution in [-0.4, -0.2) is 26.4 Å². The minimum atomic E-state index is -0.125. The first kappa shape index (κ1) is 19.2. The van der Waals surface area contributed by atoms with Crippen LogP contribution < -0.4 is 5.32 Å². The molecule has 0 aliphatic heterocycles. The molecule has 0 aliphatic rings. The van der Waals surface area contributed by atoms with E-state index in [1.165, 1.54) is 11.8 Å². The number of anilines is 1. The van der Waals surface area contributed by atoms with Crippen molar-refractivity contribution in [1.29, 1.82) is 0 Å². The number of carbonyl (C=O) groups is 1. The summed E-state index contributed by atoms with van der Waals surface area (Å²) in [6, 6.07) is 17.2. The first-order chi connectivity index (χ1) is 13.2. The maximum atomic E-state index is 12.2. The number of nitrogens with one attached hydrogen (secondary N) is 1. The number of benzene rings is 2. The summed E-state index contributed by atoms with van der Waals surface area (Å²) >= 11 is 7.29. The summed E-state index contributed by atoms with van der Waals surface area (Å²) in [5, 5.41) is 12.7. The first-order valence-electron chi connectivity index (χ1n) is 8.41. The third-order valence-corrected chi connectivity index (χ3v) is 4.95. The summed E-state index contributed by atoms with van der Waals surface area (Å²) in [4.78, 5) is 12.2. The standard InChI is InChI=1S/C20H19ClN4OS/c1-2-11-25-18(12-15-7-4-3-5-8-15)23-24-20(25)27-14-19(26)22-17-10-6-9-16(21)13-17/h2-10,13H,1,11-12,14H2,(H,22,26). The van der Waals surface area contributed by atoms with Crippen LogP contribution >= 0.6 is 23.4 Å². The summed E-state index contributed by atoms with van der Waals surface area (Å²) in [6.07, 6.45) is 2.48. The third kappa shape index (κ3) is 5.45. The first-order valence-corrected chi connectivity index (χ1v) is 9.77. The Morgan fingerprint density at radius 2 is 2.00 bits per heavy atom. The van der Waals surface area contributed by atoms with Crippen molar-refractivity contribution in [2.45, 2.75) is 18.1 Å². The molecule has 3 rings (SSSR count). The van der Waals surface area contributed by atoms with E-state index in [0.717, 1.165) is 11.4 Å². The second kappa shape index (κ2) is 9.39. The van der Waals surface area contributed by atoms with Crippen molar-refractivity contribution in [2.75, 3.05) is 11.1 Å². The van der Waals surface area contributed by atoms with Gasteiger partial charge in [0.05, 0.1) is 5.75 Å². The number of hydrogen-bond donors (Lipinski definition) is 1. The summed E-state index contributed by atoms with van der Waals surface area (Å²) in [6.45, 7) is 4.40. The number of halogens is 1. The van der Waals surface area contributed by atoms with Crippen molar-refractivity contribution in [3.8, 4) is 0 Å². The minimum Gasteiger partial charge on any atom is -0.325 e. The molecule has 27 heavy (non-hydrogen) atoms. The van der Waals surface area contributed by atoms with E-state index < -0.39 is 0 Å². The fourth-order valence-corrected chi connectivity index (χ4v) is 3.50. The molecule has 3 aromatic rings. The molecule has 1 aromatic heterocycles. The molecule has 0 aliphatic carbocycles. The molecule has 0 saturated carbocycles. The minimum absolute atomic E-state index is 0.125. The van der Waals surface area contributed by atoms with Crippen LogP contribution in [0, 0.1) is 0 Å². The number of carbonyl (C=O) groups excluding carboxylic acids is 1. The number of nitrogens with zero attached hydrogens (tertiary/aromatic N) is 3. The van der Waals surface area contributed by atoms with Gasteiger partial charge in [-0.25, -0.2) is 0 Å². The van der Waals surface area contributed by atoms with Crippen molar-refractivity contribution in [1.82, 2.24) is 14.8 Å². The van der Waals surface area contributed by atoms with Gasteiger partial charge in [0.25, 0.3) is 0 Å². The van der Waals surface area contributed by atoms with Gasteiger partial charge in [-0.1, -0.05) is 65.8 Å². The van der Waals surface area contributed by atoms with E-state index in [1.54, 1.807) is 30.3 Å². The van der Waals surface area contributed by atoms with Gasteiger partial charge in [-0.05, 0) is 23.8 Å². The molecular formula is C20H19ClN4OS. The SMILES string of the molecule is C=CCn1c(Cc2ccccc2)nnc1SCC(=O)Nc1cccc(Cl)c1. The number of rotatable bonds is 8. The smallest absolute Gasteiger partial charge is 0.234 e. The lowest BCUT2D eigenvalue weighted by atomic mass is 10.1. The van der Waals surface area contributed by atoms with E-state index in [2.05, 4.69) is 34.2 Å². The monoisotopic (exact) mass is 398 g/mol. The highest BCUT2D eigenvalue weighted by molar-refractivity contribution is 7.99. The van der Waals surface area contributed by atoms with E-state index in [1.807, 2.05) is 22.8 Å². The maximum Gasteiger partial charge on any atom is 0.234 e. The average molecular weight is 399 g/mol. The fraction of sp³-hybridized carbons (Fsp3) is 0.150. The molecule has 0 bridgehead atoms. The predicted molar refractivity (Wildman–Crippen MR) is 110 cm³/mol. The van der Waals surface area contributed by atoms with Crippen molar-refractivity contribution >= 4 is 35.0 Å². The van der Waals surface area contributed by atoms with Crippen LogP contribution in [0.3, 0.4) is 0 Å². The molecule has 0 spiro atoms. The van der Waals surface area contributed by atoms with Crippen LogP contribution in [0.4, 0.5) is 5.69 Å². The van der Waals surface area contributed by atoms with E-state index in [4.69, 9.17) is 11.6 Å². The Balaban J connectivity index is 1.65. The summed E-state index contributed by atoms with van der Waals surface area (Å²) in [5.74, 6) is 0.950. The average Bonchev–Trinajstić information content (AvgIpc) is 3.03. The molecule has 1 N–H and O–H groups in total. The fourth-order valence-electron chi connectivity index (χ4n) is 2.54. The Hall–Kier alpha value is -2.57. The van der Waals surface area contributed by atoms with Gasteiger partial charge in [-0.15, -0.1) is 16.8 Å². The number of aromatic nitrogens is 3. The molecule has 7 heteroatoms. The highest BCUT2D eigenvalue weighted by Crippen LogP contribution is 2.20. The van der Waals surface area contributed by atoms with Crippen molar-refractivity contribution in [3.05, 3.63) is 83.7 Å². The zero-order valence-electron chi connectivity index (χ0n) is 14.6. The van der Waals surface area contributed by atoms with Crippen LogP contribution in [0.1, 0.15) is 11.4 Å². The summed E-state index contributed by atoms with van der Waals surface area (Å²) in [5.41, 5.74) is 1.83. The molecule has 5 nitrogen and oxygen atoms in total. The number of amides is 1. The van der Waals surface area contributed by atoms with E-state index in [9.17, 15) is 4.79 Å².